The van der Waals surface area contributed by atoms with Crippen LogP contribution < -0.4 is 10.0 Å². The monoisotopic (exact) mass is 641 g/mol. The van der Waals surface area contributed by atoms with Crippen LogP contribution in [0.1, 0.15) is 158 Å². The summed E-state index contributed by atoms with van der Waals surface area (Å²) in [6.45, 7) is 30.0. The van der Waals surface area contributed by atoms with Gasteiger partial charge in [-0.1, -0.05) is 107 Å². The van der Waals surface area contributed by atoms with Crippen LogP contribution in [0.4, 0.5) is 0 Å². The van der Waals surface area contributed by atoms with Gasteiger partial charge < -0.3 is 41.9 Å². The Kier molecular flexibility index (Phi) is 28.8. The number of unbranched alkanes of at least 4 members (excludes halogenated alkanes) is 8. The minimum absolute atomic E-state index is 1.27. The number of quaternary nitrogens is 2. The van der Waals surface area contributed by atoms with Gasteiger partial charge in [-0.3, -0.25) is 0 Å². The molecule has 0 N–H and O–H groups in total. The molecule has 0 aromatic carbocycles. The lowest BCUT2D eigenvalue weighted by molar-refractivity contribution is -0.929. The number of rotatable bonds is 24. The molecular formula is C32H72B4N2O7. The van der Waals surface area contributed by atoms with Crippen LogP contribution in [0.3, 0.4) is 0 Å². The SMILES string of the molecule is CCCC[N+](CCCC)(CCCC)CCCC.CCCC[N+](CCCC)(CCCC)CCCC.[O-]B1OB2OB([O-])OB(O1)O2. The Morgan fingerprint density at radius 3 is 0.667 bits per heavy atom. The highest BCUT2D eigenvalue weighted by Crippen LogP contribution is 2.18. The summed E-state index contributed by atoms with van der Waals surface area (Å²) in [5, 5.41) is 21.0. The molecule has 0 atom stereocenters. The Balaban J connectivity index is 0.000000658. The van der Waals surface area contributed by atoms with E-state index in [9.17, 15) is 10.0 Å². The van der Waals surface area contributed by atoms with E-state index in [2.05, 4.69) is 78.2 Å². The van der Waals surface area contributed by atoms with Crippen LogP contribution >= 0.6 is 0 Å². The molecule has 2 aliphatic rings. The number of fused-ring (bicyclic) bond motifs is 2. The van der Waals surface area contributed by atoms with Crippen molar-refractivity contribution in [3.05, 3.63) is 0 Å². The van der Waals surface area contributed by atoms with Crippen LogP contribution in [0.5, 0.6) is 0 Å². The Bertz CT molecular complexity index is 516. The van der Waals surface area contributed by atoms with Crippen molar-refractivity contribution in [1.29, 1.82) is 0 Å². The highest BCUT2D eigenvalue weighted by molar-refractivity contribution is 6.73. The fourth-order valence-corrected chi connectivity index (χ4v) is 6.00. The van der Waals surface area contributed by atoms with Gasteiger partial charge in [-0.05, 0) is 51.4 Å². The molecule has 2 heterocycles. The van der Waals surface area contributed by atoms with Crippen LogP contribution in [0.15, 0.2) is 0 Å². The van der Waals surface area contributed by atoms with Gasteiger partial charge in [-0.25, -0.2) is 0 Å². The summed E-state index contributed by atoms with van der Waals surface area (Å²) in [4.78, 5) is 0. The van der Waals surface area contributed by atoms with Crippen molar-refractivity contribution in [1.82, 2.24) is 0 Å². The fraction of sp³-hybridized carbons (Fsp3) is 1.00. The van der Waals surface area contributed by atoms with Crippen LogP contribution in [-0.2, 0) is 22.9 Å². The average Bonchev–Trinajstić information content (AvgIpc) is 3.03. The van der Waals surface area contributed by atoms with Crippen molar-refractivity contribution >= 4 is 29.3 Å². The zero-order chi connectivity index (χ0) is 33.8. The summed E-state index contributed by atoms with van der Waals surface area (Å²) in [7, 11) is -6.00. The number of hydrogen-bond donors (Lipinski definition) is 0. The quantitative estimate of drug-likeness (QED) is 0.0979. The third kappa shape index (κ3) is 21.5. The third-order valence-electron chi connectivity index (χ3n) is 9.00. The molecule has 0 saturated carbocycles. The van der Waals surface area contributed by atoms with E-state index >= 15 is 0 Å². The average molecular weight is 640 g/mol. The van der Waals surface area contributed by atoms with E-state index in [1.54, 1.807) is 0 Å². The molecule has 0 aliphatic carbocycles. The van der Waals surface area contributed by atoms with E-state index in [0.29, 0.717) is 0 Å². The van der Waals surface area contributed by atoms with Gasteiger partial charge in [0.1, 0.15) is 0 Å². The van der Waals surface area contributed by atoms with Gasteiger partial charge in [-0.15, -0.1) is 0 Å². The Morgan fingerprint density at radius 1 is 0.333 bits per heavy atom. The van der Waals surface area contributed by atoms with Crippen molar-refractivity contribution in [2.24, 2.45) is 0 Å². The molecule has 2 bridgehead atoms. The summed E-state index contributed by atoms with van der Waals surface area (Å²) in [5.41, 5.74) is 0. The minimum atomic E-state index is -1.73. The van der Waals surface area contributed by atoms with E-state index in [-0.39, 0.29) is 0 Å². The summed E-state index contributed by atoms with van der Waals surface area (Å²) in [6, 6.07) is 0. The standard InChI is InChI=1S/2C16H36N.B4O7/c2*1-5-9-13-17(14-10-6-2,15-11-7-3)16-12-8-4;5-1-7-3-9-2(6)10-4(8-1)11-3/h2*5-16H2,1-4H3;/q2*+1;-2. The molecule has 0 spiro atoms. The highest BCUT2D eigenvalue weighted by Gasteiger charge is 2.44. The molecule has 2 rings (SSSR count). The van der Waals surface area contributed by atoms with Gasteiger partial charge in [0.15, 0.2) is 0 Å². The molecule has 0 unspecified atom stereocenters. The lowest BCUT2D eigenvalue weighted by Gasteiger charge is -2.40. The summed E-state index contributed by atoms with van der Waals surface area (Å²) in [6.07, 6.45) is 22.1. The molecule has 45 heavy (non-hydrogen) atoms. The first-order chi connectivity index (χ1) is 21.7. The second-order valence-corrected chi connectivity index (χ2v) is 13.1. The van der Waals surface area contributed by atoms with Gasteiger partial charge in [0.05, 0.1) is 52.4 Å². The Morgan fingerprint density at radius 2 is 0.511 bits per heavy atom. The van der Waals surface area contributed by atoms with Crippen molar-refractivity contribution in [2.75, 3.05) is 52.4 Å². The molecular weight excluding hydrogens is 568 g/mol. The Labute approximate surface area is 281 Å². The van der Waals surface area contributed by atoms with Gasteiger partial charge in [0.2, 0.25) is 0 Å². The van der Waals surface area contributed by atoms with Crippen LogP contribution in [0.2, 0.25) is 0 Å². The third-order valence-corrected chi connectivity index (χ3v) is 9.00. The fourth-order valence-electron chi connectivity index (χ4n) is 6.00. The van der Waals surface area contributed by atoms with Crippen LogP contribution in [-0.4, -0.2) is 90.6 Å². The Hall–Kier alpha value is -0.100. The largest absolute Gasteiger partial charge is 0.833 e. The molecule has 2 fully saturated rings. The van der Waals surface area contributed by atoms with Crippen LogP contribution in [0.25, 0.3) is 0 Å². The zero-order valence-electron chi connectivity index (χ0n) is 31.0. The summed E-state index contributed by atoms with van der Waals surface area (Å²) >= 11 is 0. The normalized spacial score (nSPS) is 15.1. The van der Waals surface area contributed by atoms with Crippen molar-refractivity contribution < 1.29 is 41.9 Å². The summed E-state index contributed by atoms with van der Waals surface area (Å²) in [5.74, 6) is 0. The summed E-state index contributed by atoms with van der Waals surface area (Å²) < 4.78 is 24.7. The predicted molar refractivity (Wildman–Crippen MR) is 187 cm³/mol. The number of nitrogens with zero attached hydrogens (tertiary/aromatic N) is 2. The van der Waals surface area contributed by atoms with Gasteiger partial charge in [0.25, 0.3) is 0 Å². The van der Waals surface area contributed by atoms with Gasteiger partial charge in [0, 0.05) is 0 Å². The molecule has 9 nitrogen and oxygen atoms in total. The first-order valence-electron chi connectivity index (χ1n) is 19.0. The topological polar surface area (TPSA) is 92.3 Å². The van der Waals surface area contributed by atoms with Crippen molar-refractivity contribution in [3.63, 3.8) is 0 Å². The van der Waals surface area contributed by atoms with E-state index in [0.717, 1.165) is 0 Å². The molecule has 0 amide bonds. The maximum atomic E-state index is 10.5. The molecule has 0 aromatic rings. The lowest BCUT2D eigenvalue weighted by atomic mass is 9.90. The smallest absolute Gasteiger partial charge is 0.597 e. The van der Waals surface area contributed by atoms with Crippen LogP contribution in [0, 0.1) is 0 Å². The van der Waals surface area contributed by atoms with E-state index in [1.165, 1.54) is 164 Å². The minimum Gasteiger partial charge on any atom is -0.833 e. The molecule has 2 aliphatic heterocycles. The van der Waals surface area contributed by atoms with E-state index in [1.807, 2.05) is 0 Å². The predicted octanol–water partition coefficient (Wildman–Crippen LogP) is 5.76. The molecule has 264 valence electrons. The first-order valence-corrected chi connectivity index (χ1v) is 19.0. The second kappa shape index (κ2) is 28.9. The zero-order valence-corrected chi connectivity index (χ0v) is 31.0. The highest BCUT2D eigenvalue weighted by atomic mass is 16.9. The van der Waals surface area contributed by atoms with Crippen molar-refractivity contribution in [2.45, 2.75) is 158 Å². The van der Waals surface area contributed by atoms with Crippen molar-refractivity contribution in [3.8, 4) is 0 Å². The van der Waals surface area contributed by atoms with E-state index < -0.39 is 29.3 Å². The molecule has 0 radical (unpaired) electrons. The van der Waals surface area contributed by atoms with Gasteiger partial charge >= 0.3 is 29.3 Å². The molecule has 13 heteroatoms. The maximum absolute atomic E-state index is 10.5. The van der Waals surface area contributed by atoms with Gasteiger partial charge in [-0.2, -0.15) is 0 Å². The number of hydrogen-bond acceptors (Lipinski definition) is 7. The lowest BCUT2D eigenvalue weighted by Crippen LogP contribution is -2.65. The van der Waals surface area contributed by atoms with E-state index in [4.69, 9.17) is 0 Å². The molecule has 2 saturated heterocycles. The second-order valence-electron chi connectivity index (χ2n) is 13.1. The maximum Gasteiger partial charge on any atom is 0.597 e. The molecule has 0 aromatic heterocycles. The first kappa shape index (κ1) is 44.9.